The molecule has 0 aromatic heterocycles. The predicted molar refractivity (Wildman–Crippen MR) is 136 cm³/mol. The monoisotopic (exact) mass is 488 g/mol. The van der Waals surface area contributed by atoms with E-state index >= 15 is 0 Å². The molecule has 2 unspecified atom stereocenters. The fourth-order valence-electron chi connectivity index (χ4n) is 5.47. The quantitative estimate of drug-likeness (QED) is 0.529. The van der Waals surface area contributed by atoms with Crippen LogP contribution in [-0.2, 0) is 14.3 Å². The van der Waals surface area contributed by atoms with Gasteiger partial charge in [-0.1, -0.05) is 30.4 Å². The van der Waals surface area contributed by atoms with Crippen LogP contribution in [0.1, 0.15) is 25.7 Å². The topological polar surface area (TPSA) is 89.5 Å². The van der Waals surface area contributed by atoms with Crippen molar-refractivity contribution in [3.8, 4) is 0 Å². The van der Waals surface area contributed by atoms with Crippen molar-refractivity contribution in [2.45, 2.75) is 50.1 Å². The molecule has 6 rings (SSSR count). The van der Waals surface area contributed by atoms with Gasteiger partial charge >= 0.3 is 0 Å². The number of piperidine rings is 1. The number of hydrogen-bond donors (Lipinski definition) is 2. The summed E-state index contributed by atoms with van der Waals surface area (Å²) in [6.07, 6.45) is 24.5. The van der Waals surface area contributed by atoms with E-state index in [-0.39, 0.29) is 24.1 Å². The Hall–Kier alpha value is -3.43. The maximum atomic E-state index is 12.6. The lowest BCUT2D eigenvalue weighted by atomic mass is 10.0. The third-order valence-electron chi connectivity index (χ3n) is 7.38. The van der Waals surface area contributed by atoms with Crippen LogP contribution in [0.15, 0.2) is 77.4 Å². The zero-order chi connectivity index (χ0) is 24.5. The SMILES string of the molecule is O=C(NCC1=CN2C=C(CN3CCC(OC4C=CC=C4)CC3)CCC2N1)C1N=C2C=CC=CN2C1=O. The highest BCUT2D eigenvalue weighted by molar-refractivity contribution is 6.19. The van der Waals surface area contributed by atoms with Crippen LogP contribution in [0.5, 0.6) is 0 Å². The van der Waals surface area contributed by atoms with E-state index in [2.05, 4.69) is 50.0 Å². The maximum absolute atomic E-state index is 12.6. The van der Waals surface area contributed by atoms with Crippen LogP contribution in [-0.4, -0.2) is 82.9 Å². The van der Waals surface area contributed by atoms with E-state index in [1.165, 1.54) is 10.5 Å². The number of amidine groups is 1. The lowest BCUT2D eigenvalue weighted by Gasteiger charge is -2.35. The van der Waals surface area contributed by atoms with E-state index in [0.717, 1.165) is 51.0 Å². The van der Waals surface area contributed by atoms with E-state index in [1.54, 1.807) is 24.4 Å². The molecule has 9 heteroatoms. The number of nitrogens with zero attached hydrogens (tertiary/aromatic N) is 4. The Morgan fingerprint density at radius 3 is 2.75 bits per heavy atom. The number of fused-ring (bicyclic) bond motifs is 2. The molecule has 2 N–H and O–H groups in total. The minimum atomic E-state index is -1.02. The lowest BCUT2D eigenvalue weighted by molar-refractivity contribution is -0.132. The molecule has 0 aromatic rings. The first-order chi connectivity index (χ1) is 17.6. The second-order valence-electron chi connectivity index (χ2n) is 9.95. The van der Waals surface area contributed by atoms with Gasteiger partial charge in [-0.15, -0.1) is 0 Å². The Kier molecular flexibility index (Phi) is 6.33. The number of carbonyl (C=O) groups is 2. The molecule has 6 aliphatic rings. The van der Waals surface area contributed by atoms with E-state index in [1.807, 2.05) is 12.2 Å². The van der Waals surface area contributed by atoms with Gasteiger partial charge in [0, 0.05) is 43.9 Å². The number of hydrogen-bond acceptors (Lipinski definition) is 7. The minimum absolute atomic E-state index is 0.149. The number of likely N-dealkylation sites (tertiary alicyclic amines) is 1. The lowest BCUT2D eigenvalue weighted by Crippen LogP contribution is -2.43. The molecule has 9 nitrogen and oxygen atoms in total. The van der Waals surface area contributed by atoms with Crippen molar-refractivity contribution in [3.05, 3.63) is 72.4 Å². The van der Waals surface area contributed by atoms with Crippen LogP contribution in [0.3, 0.4) is 0 Å². The molecular weight excluding hydrogens is 456 g/mol. The first-order valence-corrected chi connectivity index (χ1v) is 12.8. The van der Waals surface area contributed by atoms with Crippen molar-refractivity contribution in [2.24, 2.45) is 4.99 Å². The Bertz CT molecular complexity index is 1110. The fraction of sp³-hybridized carbons (Fsp3) is 0.444. The van der Waals surface area contributed by atoms with Gasteiger partial charge in [0.2, 0.25) is 6.04 Å². The van der Waals surface area contributed by atoms with E-state index < -0.39 is 6.04 Å². The second kappa shape index (κ2) is 9.91. The van der Waals surface area contributed by atoms with Crippen LogP contribution >= 0.6 is 0 Å². The van der Waals surface area contributed by atoms with Gasteiger partial charge in [0.1, 0.15) is 12.0 Å². The molecule has 0 bridgehead atoms. The second-order valence-corrected chi connectivity index (χ2v) is 9.95. The summed E-state index contributed by atoms with van der Waals surface area (Å²) in [5.41, 5.74) is 2.37. The van der Waals surface area contributed by atoms with Gasteiger partial charge in [-0.3, -0.25) is 19.4 Å². The Morgan fingerprint density at radius 2 is 1.94 bits per heavy atom. The smallest absolute Gasteiger partial charge is 0.266 e. The molecule has 5 heterocycles. The first-order valence-electron chi connectivity index (χ1n) is 12.8. The highest BCUT2D eigenvalue weighted by atomic mass is 16.5. The minimum Gasteiger partial charge on any atom is -0.367 e. The Balaban J connectivity index is 0.978. The standard InChI is InChI=1S/C27H32N6O3/c34-26(25-27(35)33-12-4-3-7-24(33)30-25)28-15-20-18-32-17-19(8-9-23(32)29-20)16-31-13-10-22(11-14-31)36-21-5-1-2-6-21/h1-7,12,17-18,21-23,25,29H,8-11,13-16H2,(H,28,34). The summed E-state index contributed by atoms with van der Waals surface area (Å²) < 4.78 is 6.16. The van der Waals surface area contributed by atoms with E-state index in [4.69, 9.17) is 4.74 Å². The molecule has 0 radical (unpaired) electrons. The van der Waals surface area contributed by atoms with Crippen molar-refractivity contribution in [2.75, 3.05) is 26.2 Å². The zero-order valence-electron chi connectivity index (χ0n) is 20.3. The number of allylic oxidation sites excluding steroid dienone is 4. The number of carbonyl (C=O) groups excluding carboxylic acids is 2. The fourth-order valence-corrected chi connectivity index (χ4v) is 5.47. The normalized spacial score (nSPS) is 27.7. The molecular formula is C27H32N6O3. The highest BCUT2D eigenvalue weighted by Crippen LogP contribution is 2.26. The van der Waals surface area contributed by atoms with Crippen LogP contribution in [0.25, 0.3) is 0 Å². The average Bonchev–Trinajstić information content (AvgIpc) is 3.63. The maximum Gasteiger partial charge on any atom is 0.266 e. The van der Waals surface area contributed by atoms with Gasteiger partial charge in [-0.2, -0.15) is 0 Å². The summed E-state index contributed by atoms with van der Waals surface area (Å²) in [6, 6.07) is -1.02. The third-order valence-corrected chi connectivity index (χ3v) is 7.38. The van der Waals surface area contributed by atoms with Crippen molar-refractivity contribution >= 4 is 17.6 Å². The average molecular weight is 489 g/mol. The van der Waals surface area contributed by atoms with Crippen molar-refractivity contribution < 1.29 is 14.3 Å². The summed E-state index contributed by atoms with van der Waals surface area (Å²) in [4.78, 5) is 35.6. The number of amides is 2. The summed E-state index contributed by atoms with van der Waals surface area (Å²) in [7, 11) is 0. The van der Waals surface area contributed by atoms with Gasteiger partial charge in [-0.25, -0.2) is 4.99 Å². The van der Waals surface area contributed by atoms with Crippen molar-refractivity contribution in [1.29, 1.82) is 0 Å². The van der Waals surface area contributed by atoms with Gasteiger partial charge in [0.15, 0.2) is 0 Å². The molecule has 5 aliphatic heterocycles. The van der Waals surface area contributed by atoms with Crippen LogP contribution < -0.4 is 10.6 Å². The summed E-state index contributed by atoms with van der Waals surface area (Å²) in [5.74, 6) is -0.181. The van der Waals surface area contributed by atoms with Crippen LogP contribution in [0.4, 0.5) is 0 Å². The molecule has 2 amide bonds. The predicted octanol–water partition coefficient (Wildman–Crippen LogP) is 1.52. The molecule has 1 saturated heterocycles. The number of ether oxygens (including phenoxy) is 1. The summed E-state index contributed by atoms with van der Waals surface area (Å²) in [6.45, 7) is 3.45. The summed E-state index contributed by atoms with van der Waals surface area (Å²) >= 11 is 0. The van der Waals surface area contributed by atoms with E-state index in [9.17, 15) is 9.59 Å². The Morgan fingerprint density at radius 1 is 1.11 bits per heavy atom. The zero-order valence-corrected chi connectivity index (χ0v) is 20.3. The van der Waals surface area contributed by atoms with Crippen LogP contribution in [0.2, 0.25) is 0 Å². The van der Waals surface area contributed by atoms with Gasteiger partial charge < -0.3 is 20.3 Å². The third kappa shape index (κ3) is 4.81. The van der Waals surface area contributed by atoms with Gasteiger partial charge in [0.25, 0.3) is 11.8 Å². The van der Waals surface area contributed by atoms with Crippen LogP contribution in [0, 0.1) is 0 Å². The molecule has 0 spiro atoms. The summed E-state index contributed by atoms with van der Waals surface area (Å²) in [5, 5.41) is 6.37. The van der Waals surface area contributed by atoms with Gasteiger partial charge in [0.05, 0.1) is 18.8 Å². The Labute approximate surface area is 211 Å². The molecule has 0 saturated carbocycles. The largest absolute Gasteiger partial charge is 0.367 e. The number of nitrogens with one attached hydrogen (secondary N) is 2. The van der Waals surface area contributed by atoms with Gasteiger partial charge in [-0.05, 0) is 43.4 Å². The molecule has 1 fully saturated rings. The molecule has 1 aliphatic carbocycles. The van der Waals surface area contributed by atoms with Crippen molar-refractivity contribution in [3.63, 3.8) is 0 Å². The van der Waals surface area contributed by atoms with E-state index in [0.29, 0.717) is 18.5 Å². The molecule has 188 valence electrons. The molecule has 0 aromatic carbocycles. The highest BCUT2D eigenvalue weighted by Gasteiger charge is 2.38. The number of rotatable bonds is 7. The first kappa shape index (κ1) is 23.0. The molecule has 36 heavy (non-hydrogen) atoms. The number of aliphatic imine (C=N–C) groups is 1. The van der Waals surface area contributed by atoms with Crippen molar-refractivity contribution in [1.82, 2.24) is 25.3 Å². The molecule has 2 atom stereocenters.